The smallest absolute Gasteiger partial charge is 0.407 e. The van der Waals surface area contributed by atoms with Crippen molar-refractivity contribution in [1.82, 2.24) is 5.32 Å². The third-order valence-corrected chi connectivity index (χ3v) is 2.67. The van der Waals surface area contributed by atoms with Gasteiger partial charge in [0.05, 0.1) is 17.9 Å². The van der Waals surface area contributed by atoms with Gasteiger partial charge in [-0.25, -0.2) is 4.79 Å². The molecule has 0 heterocycles. The number of carbonyl (C=O) groups excluding carboxylic acids is 2. The van der Waals surface area contributed by atoms with Crippen molar-refractivity contribution in [1.29, 1.82) is 0 Å². The highest BCUT2D eigenvalue weighted by Crippen LogP contribution is 2.41. The maximum absolute atomic E-state index is 11.9. The van der Waals surface area contributed by atoms with Crippen LogP contribution in [0.2, 0.25) is 0 Å². The summed E-state index contributed by atoms with van der Waals surface area (Å²) in [4.78, 5) is 34.7. The van der Waals surface area contributed by atoms with Gasteiger partial charge in [-0.2, -0.15) is 0 Å². The quantitative estimate of drug-likeness (QED) is 0.767. The average molecular weight is 301 g/mol. The van der Waals surface area contributed by atoms with Crippen LogP contribution < -0.4 is 5.32 Å². The van der Waals surface area contributed by atoms with Gasteiger partial charge in [0.1, 0.15) is 11.2 Å². The van der Waals surface area contributed by atoms with E-state index in [4.69, 9.17) is 14.6 Å². The molecule has 120 valence electrons. The highest BCUT2D eigenvalue weighted by Gasteiger charge is 2.62. The second-order valence-electron chi connectivity index (χ2n) is 7.10. The molecule has 21 heavy (non-hydrogen) atoms. The fourth-order valence-electron chi connectivity index (χ4n) is 1.90. The van der Waals surface area contributed by atoms with Crippen molar-refractivity contribution in [3.63, 3.8) is 0 Å². The Morgan fingerprint density at radius 1 is 0.905 bits per heavy atom. The van der Waals surface area contributed by atoms with E-state index in [1.807, 2.05) is 0 Å². The molecule has 1 fully saturated rings. The van der Waals surface area contributed by atoms with Gasteiger partial charge >= 0.3 is 18.0 Å². The Morgan fingerprint density at radius 2 is 1.38 bits per heavy atom. The lowest BCUT2D eigenvalue weighted by Gasteiger charge is -2.20. The van der Waals surface area contributed by atoms with E-state index in [-0.39, 0.29) is 0 Å². The molecule has 7 heteroatoms. The Bertz CT molecular complexity index is 445. The molecule has 1 amide bonds. The number of hydrogen-bond acceptors (Lipinski definition) is 5. The van der Waals surface area contributed by atoms with Crippen molar-refractivity contribution in [2.24, 2.45) is 11.8 Å². The molecule has 0 aromatic carbocycles. The van der Waals surface area contributed by atoms with Crippen LogP contribution in [0.25, 0.3) is 0 Å². The molecular formula is C14H23NO6. The van der Waals surface area contributed by atoms with Crippen LogP contribution in [0.3, 0.4) is 0 Å². The first-order valence-electron chi connectivity index (χ1n) is 6.77. The molecule has 1 saturated carbocycles. The van der Waals surface area contributed by atoms with Gasteiger partial charge in [-0.3, -0.25) is 9.59 Å². The van der Waals surface area contributed by atoms with Gasteiger partial charge in [0.15, 0.2) is 0 Å². The minimum atomic E-state index is -1.15. The van der Waals surface area contributed by atoms with Crippen LogP contribution >= 0.6 is 0 Å². The Hall–Kier alpha value is -1.79. The van der Waals surface area contributed by atoms with Crippen molar-refractivity contribution in [2.45, 2.75) is 58.8 Å². The van der Waals surface area contributed by atoms with Gasteiger partial charge in [-0.05, 0) is 41.5 Å². The van der Waals surface area contributed by atoms with E-state index in [1.165, 1.54) is 0 Å². The Kier molecular flexibility index (Phi) is 4.55. The number of aliphatic carboxylic acids is 1. The third-order valence-electron chi connectivity index (χ3n) is 2.67. The highest BCUT2D eigenvalue weighted by atomic mass is 16.6. The molecule has 0 bridgehead atoms. The number of rotatable bonds is 3. The molecule has 2 N–H and O–H groups in total. The molecule has 0 aromatic rings. The molecule has 0 aliphatic heterocycles. The number of nitrogens with one attached hydrogen (secondary N) is 1. The lowest BCUT2D eigenvalue weighted by atomic mass is 10.2. The second kappa shape index (κ2) is 5.54. The van der Waals surface area contributed by atoms with Crippen LogP contribution in [-0.4, -0.2) is 40.4 Å². The standard InChI is InChI=1S/C14H23NO6/c1-13(2,3)20-11(18)8-7(10(16)17)9(8)15-12(19)21-14(4,5)6/h7-9H,1-6H3,(H,15,19)(H,16,17). The number of carboxylic acid groups (broad SMARTS) is 1. The van der Waals surface area contributed by atoms with Crippen molar-refractivity contribution in [2.75, 3.05) is 0 Å². The summed E-state index contributed by atoms with van der Waals surface area (Å²) in [6.45, 7) is 10.2. The van der Waals surface area contributed by atoms with Crippen LogP contribution in [0, 0.1) is 11.8 Å². The molecule has 1 aliphatic rings. The van der Waals surface area contributed by atoms with Gasteiger partial charge in [-0.15, -0.1) is 0 Å². The van der Waals surface area contributed by atoms with Gasteiger partial charge < -0.3 is 19.9 Å². The van der Waals surface area contributed by atoms with Crippen LogP contribution in [0.15, 0.2) is 0 Å². The average Bonchev–Trinajstić information content (AvgIpc) is 2.85. The summed E-state index contributed by atoms with van der Waals surface area (Å²) in [7, 11) is 0. The summed E-state index contributed by atoms with van der Waals surface area (Å²) in [5.74, 6) is -3.63. The molecule has 1 aliphatic carbocycles. The first-order chi connectivity index (χ1) is 9.32. The van der Waals surface area contributed by atoms with Crippen molar-refractivity contribution < 1.29 is 29.0 Å². The maximum atomic E-state index is 11.9. The maximum Gasteiger partial charge on any atom is 0.407 e. The Balaban J connectivity index is 2.67. The fourth-order valence-corrected chi connectivity index (χ4v) is 1.90. The summed E-state index contributed by atoms with van der Waals surface area (Å²) < 4.78 is 10.2. The SMILES string of the molecule is CC(C)(C)OC(=O)NC1C(C(=O)O)C1C(=O)OC(C)(C)C. The Morgan fingerprint density at radius 3 is 1.76 bits per heavy atom. The summed E-state index contributed by atoms with van der Waals surface area (Å²) in [5, 5.41) is 11.5. The van der Waals surface area contributed by atoms with Crippen LogP contribution in [0.5, 0.6) is 0 Å². The Labute approximate surface area is 124 Å². The predicted molar refractivity (Wildman–Crippen MR) is 73.6 cm³/mol. The van der Waals surface area contributed by atoms with Crippen LogP contribution in [0.4, 0.5) is 4.79 Å². The largest absolute Gasteiger partial charge is 0.481 e. The zero-order chi connectivity index (χ0) is 16.6. The lowest BCUT2D eigenvalue weighted by molar-refractivity contribution is -0.158. The third kappa shape index (κ3) is 5.24. The monoisotopic (exact) mass is 301 g/mol. The summed E-state index contributed by atoms with van der Waals surface area (Å²) in [6.07, 6.45) is -0.746. The van der Waals surface area contributed by atoms with Crippen LogP contribution in [0.1, 0.15) is 41.5 Å². The first kappa shape index (κ1) is 17.3. The van der Waals surface area contributed by atoms with E-state index in [0.717, 1.165) is 0 Å². The molecule has 7 nitrogen and oxygen atoms in total. The summed E-state index contributed by atoms with van der Waals surface area (Å²) in [5.41, 5.74) is -1.40. The predicted octanol–water partition coefficient (Wildman–Crippen LogP) is 1.55. The summed E-state index contributed by atoms with van der Waals surface area (Å²) >= 11 is 0. The number of amides is 1. The van der Waals surface area contributed by atoms with Crippen LogP contribution in [-0.2, 0) is 19.1 Å². The van der Waals surface area contributed by atoms with E-state index in [0.29, 0.717) is 0 Å². The van der Waals surface area contributed by atoms with Gasteiger partial charge in [0.25, 0.3) is 0 Å². The highest BCUT2D eigenvalue weighted by molar-refractivity contribution is 5.90. The minimum absolute atomic E-state index is 0.629. The summed E-state index contributed by atoms with van der Waals surface area (Å²) in [6, 6.07) is -0.799. The van der Waals surface area contributed by atoms with E-state index in [9.17, 15) is 14.4 Å². The number of hydrogen-bond donors (Lipinski definition) is 2. The lowest BCUT2D eigenvalue weighted by Crippen LogP contribution is -2.36. The molecule has 3 unspecified atom stereocenters. The molecule has 3 atom stereocenters. The van der Waals surface area contributed by atoms with E-state index in [1.54, 1.807) is 41.5 Å². The topological polar surface area (TPSA) is 102 Å². The zero-order valence-corrected chi connectivity index (χ0v) is 13.2. The van der Waals surface area contributed by atoms with E-state index >= 15 is 0 Å². The van der Waals surface area contributed by atoms with Gasteiger partial charge in [0, 0.05) is 0 Å². The fraction of sp³-hybridized carbons (Fsp3) is 0.786. The van der Waals surface area contributed by atoms with Crippen molar-refractivity contribution >= 4 is 18.0 Å². The molecule has 0 spiro atoms. The normalized spacial score (nSPS) is 25.0. The molecule has 0 radical (unpaired) electrons. The molecule has 1 rings (SSSR count). The second-order valence-corrected chi connectivity index (χ2v) is 7.10. The number of carbonyl (C=O) groups is 3. The van der Waals surface area contributed by atoms with E-state index < -0.39 is 47.1 Å². The van der Waals surface area contributed by atoms with Crippen molar-refractivity contribution in [3.05, 3.63) is 0 Å². The number of carboxylic acids is 1. The minimum Gasteiger partial charge on any atom is -0.481 e. The van der Waals surface area contributed by atoms with E-state index in [2.05, 4.69) is 5.32 Å². The molecular weight excluding hydrogens is 278 g/mol. The number of ether oxygens (including phenoxy) is 2. The number of alkyl carbamates (subject to hydrolysis) is 1. The first-order valence-corrected chi connectivity index (χ1v) is 6.77. The number of esters is 1. The molecule has 0 saturated heterocycles. The van der Waals surface area contributed by atoms with Gasteiger partial charge in [-0.1, -0.05) is 0 Å². The van der Waals surface area contributed by atoms with Gasteiger partial charge in [0.2, 0.25) is 0 Å². The molecule has 0 aromatic heterocycles. The zero-order valence-electron chi connectivity index (χ0n) is 13.2. The van der Waals surface area contributed by atoms with Crippen molar-refractivity contribution in [3.8, 4) is 0 Å².